The molecule has 2 amide bonds. The van der Waals surface area contributed by atoms with E-state index >= 15 is 0 Å². The van der Waals surface area contributed by atoms with Gasteiger partial charge in [0.2, 0.25) is 11.6 Å². The number of benzene rings is 2. The second kappa shape index (κ2) is 15.7. The molecule has 0 aromatic heterocycles. The maximum atomic E-state index is 13.7. The summed E-state index contributed by atoms with van der Waals surface area (Å²) >= 11 is 0. The Morgan fingerprint density at radius 1 is 0.636 bits per heavy atom. The predicted octanol–water partition coefficient (Wildman–Crippen LogP) is -1.35. The van der Waals surface area contributed by atoms with Crippen LogP contribution in [0.3, 0.4) is 0 Å². The van der Waals surface area contributed by atoms with Gasteiger partial charge in [0.15, 0.2) is 22.8 Å². The first-order valence-corrected chi connectivity index (χ1v) is 20.0. The number of fused-ring (bicyclic) bond motifs is 6. The second-order valence-corrected chi connectivity index (χ2v) is 18.0. The highest BCUT2D eigenvalue weighted by Gasteiger charge is 2.71. The number of halogens is 1. The van der Waals surface area contributed by atoms with E-state index in [0.29, 0.717) is 0 Å². The Hall–Kier alpha value is -6.17. The quantitative estimate of drug-likeness (QED) is 0.158. The number of Topliss-reactive ketones (excluding diaryl/α,β-unsaturated/α-hetero) is 4. The van der Waals surface area contributed by atoms with Crippen LogP contribution in [0.5, 0.6) is 11.5 Å². The Balaban J connectivity index is 0.000000215. The van der Waals surface area contributed by atoms with Crippen molar-refractivity contribution in [3.63, 3.8) is 0 Å². The molecule has 2 aromatic carbocycles. The minimum atomic E-state index is -3.02. The van der Waals surface area contributed by atoms with E-state index in [1.807, 2.05) is 0 Å². The van der Waals surface area contributed by atoms with Crippen molar-refractivity contribution in [3.8, 4) is 11.5 Å². The molecule has 6 aliphatic rings. The highest BCUT2D eigenvalue weighted by molar-refractivity contribution is 6.25. The van der Waals surface area contributed by atoms with E-state index < -0.39 is 156 Å². The van der Waals surface area contributed by atoms with E-state index in [-0.39, 0.29) is 41.1 Å². The van der Waals surface area contributed by atoms with Crippen molar-refractivity contribution in [3.05, 3.63) is 92.5 Å². The highest BCUT2D eigenvalue weighted by Crippen LogP contribution is 2.59. The van der Waals surface area contributed by atoms with Crippen LogP contribution in [0.1, 0.15) is 42.5 Å². The van der Waals surface area contributed by atoms with E-state index in [1.54, 1.807) is 0 Å². The van der Waals surface area contributed by atoms with E-state index in [9.17, 15) is 84.9 Å². The van der Waals surface area contributed by atoms with Gasteiger partial charge in [-0.3, -0.25) is 38.6 Å². The molecule has 22 heteroatoms. The lowest BCUT2D eigenvalue weighted by atomic mass is 9.53. The molecule has 0 saturated heterocycles. The SMILES string of the molecule is CN(C)[C@@H]1C(=O)C(C(N)=O)=C(O)[C@@]2(O)C(=O)C3=C(O)c4c(O)cccc4[C@@](C)(O)[C@H]3C[C@@H]12.CN(C)[C@@H]1C(=O)C(C(N)=O)=C(O)[C@@]2(O)C(=O)C3=C(O)c4c(O)cccc4[C@@](C)(O)[C@H]3[C@H](O)[C@@H]12.Cl. The maximum Gasteiger partial charge on any atom is 0.255 e. The summed E-state index contributed by atoms with van der Waals surface area (Å²) in [5.74, 6) is -17.6. The molecule has 0 bridgehead atoms. The number of nitrogens with zero attached hydrogens (tertiary/aromatic N) is 2. The van der Waals surface area contributed by atoms with Crippen molar-refractivity contribution in [2.24, 2.45) is 35.1 Å². The number of amides is 2. The summed E-state index contributed by atoms with van der Waals surface area (Å²) in [6, 6.07) is 5.52. The number of likely N-dealkylation sites (N-methyl/N-ethyl adjacent to an activating group) is 2. The molecule has 21 nitrogen and oxygen atoms in total. The fraction of sp³-hybridized carbons (Fsp3) is 0.409. The number of carbonyl (C=O) groups excluding carboxylic acids is 6. The summed E-state index contributed by atoms with van der Waals surface area (Å²) in [6.07, 6.45) is -2.07. The van der Waals surface area contributed by atoms with Crippen LogP contribution < -0.4 is 11.5 Å². The topological polar surface area (TPSA) is 383 Å². The van der Waals surface area contributed by atoms with Gasteiger partial charge in [0.25, 0.3) is 11.8 Å². The number of primary amides is 2. The van der Waals surface area contributed by atoms with Gasteiger partial charge < -0.3 is 67.6 Å². The second-order valence-electron chi connectivity index (χ2n) is 18.0. The Morgan fingerprint density at radius 3 is 1.50 bits per heavy atom. The molecule has 0 unspecified atom stereocenters. The van der Waals surface area contributed by atoms with Crippen LogP contribution in [0.25, 0.3) is 11.5 Å². The maximum absolute atomic E-state index is 13.7. The summed E-state index contributed by atoms with van der Waals surface area (Å²) in [5.41, 5.74) is -2.32. The summed E-state index contributed by atoms with van der Waals surface area (Å²) in [6.45, 7) is 2.66. The Labute approximate surface area is 380 Å². The number of aliphatic hydroxyl groups excluding tert-OH is 5. The molecule has 2 aromatic rings. The number of rotatable bonds is 4. The fourth-order valence-corrected chi connectivity index (χ4v) is 11.1. The number of phenols is 2. The number of nitrogens with two attached hydrogens (primary N) is 2. The third-order valence-electron chi connectivity index (χ3n) is 14.1. The first kappa shape index (κ1) is 49.3. The zero-order valence-electron chi connectivity index (χ0n) is 36.0. The lowest BCUT2D eigenvalue weighted by Gasteiger charge is -2.55. The van der Waals surface area contributed by atoms with Crippen LogP contribution in [0.4, 0.5) is 0 Å². The molecule has 2 fully saturated rings. The number of phenolic OH excluding ortho intramolecular Hbond substituents is 2. The lowest BCUT2D eigenvalue weighted by Crippen LogP contribution is -2.71. The van der Waals surface area contributed by atoms with Crippen molar-refractivity contribution in [1.29, 1.82) is 0 Å². The largest absolute Gasteiger partial charge is 0.508 e. The van der Waals surface area contributed by atoms with Crippen LogP contribution in [0.2, 0.25) is 0 Å². The average molecular weight is 941 g/mol. The third kappa shape index (κ3) is 6.18. The molecule has 2 saturated carbocycles. The van der Waals surface area contributed by atoms with Gasteiger partial charge in [-0.1, -0.05) is 24.3 Å². The highest BCUT2D eigenvalue weighted by atomic mass is 35.5. The number of carbonyl (C=O) groups is 6. The molecule has 0 aliphatic heterocycles. The molecule has 11 atom stereocenters. The van der Waals surface area contributed by atoms with Crippen LogP contribution in [-0.2, 0) is 40.0 Å². The van der Waals surface area contributed by atoms with E-state index in [1.165, 1.54) is 88.2 Å². The number of aliphatic hydroxyl groups is 9. The van der Waals surface area contributed by atoms with Gasteiger partial charge in [0.1, 0.15) is 45.7 Å². The Morgan fingerprint density at radius 2 is 1.05 bits per heavy atom. The van der Waals surface area contributed by atoms with Crippen molar-refractivity contribution in [2.75, 3.05) is 28.2 Å². The minimum Gasteiger partial charge on any atom is -0.508 e. The number of aromatic hydroxyl groups is 2. The van der Waals surface area contributed by atoms with Gasteiger partial charge in [-0.15, -0.1) is 12.4 Å². The Kier molecular flexibility index (Phi) is 11.7. The lowest BCUT2D eigenvalue weighted by molar-refractivity contribution is -0.181. The normalized spacial score (nSPS) is 34.7. The monoisotopic (exact) mass is 940 g/mol. The fourth-order valence-electron chi connectivity index (χ4n) is 11.1. The van der Waals surface area contributed by atoms with Gasteiger partial charge >= 0.3 is 0 Å². The van der Waals surface area contributed by atoms with Crippen LogP contribution in [0, 0.1) is 23.7 Å². The van der Waals surface area contributed by atoms with Gasteiger partial charge in [0, 0.05) is 17.4 Å². The molecular weight excluding hydrogens is 892 g/mol. The zero-order chi connectivity index (χ0) is 48.7. The van der Waals surface area contributed by atoms with Gasteiger partial charge in [0.05, 0.1) is 57.9 Å². The molecule has 15 N–H and O–H groups in total. The van der Waals surface area contributed by atoms with E-state index in [0.717, 1.165) is 0 Å². The molecule has 8 rings (SSSR count). The molecule has 6 aliphatic carbocycles. The summed E-state index contributed by atoms with van der Waals surface area (Å²) in [4.78, 5) is 79.9. The van der Waals surface area contributed by atoms with Crippen LogP contribution in [0.15, 0.2) is 70.2 Å². The summed E-state index contributed by atoms with van der Waals surface area (Å²) in [5, 5.41) is 121. The number of ketones is 4. The van der Waals surface area contributed by atoms with Gasteiger partial charge in [-0.2, -0.15) is 0 Å². The smallest absolute Gasteiger partial charge is 0.255 e. The minimum absolute atomic E-state index is 0. The number of hydrogen-bond acceptors (Lipinski definition) is 19. The third-order valence-corrected chi connectivity index (χ3v) is 14.1. The van der Waals surface area contributed by atoms with Crippen molar-refractivity contribution < 1.29 is 84.9 Å². The molecule has 0 spiro atoms. The molecule has 0 heterocycles. The molecule has 0 radical (unpaired) electrons. The first-order chi connectivity index (χ1) is 30.0. The molecular formula is C44H49ClN4O17. The van der Waals surface area contributed by atoms with Crippen LogP contribution >= 0.6 is 12.4 Å². The van der Waals surface area contributed by atoms with E-state index in [4.69, 9.17) is 11.5 Å². The van der Waals surface area contributed by atoms with Crippen molar-refractivity contribution in [1.82, 2.24) is 9.80 Å². The standard InChI is InChI=1S/C22H24N2O9.C22H24N2O8.ClH/c1-21(32)7-5-4-6-8(25)9(7)15(26)10-12(21)17(28)13-14(24(2)3)16(27)11(20(23)31)19(30)22(13,33)18(10)29;1-21(31)8-5-4-6-11(25)12(8)16(26)13-9(21)7-10-15(24(2)3)17(27)14(20(23)30)19(29)22(10,32)18(13)28;/h4-6,12-14,17,25-26,28,30,32-33H,1-3H3,(H2,23,31);4-6,9-10,15,25-26,29,31-32H,7H2,1-3H3,(H2,23,30);1H/t12-,13-,14+,17+,21-,22+;9-,10-,15-,21+,22-;/m10./s1. The van der Waals surface area contributed by atoms with Gasteiger partial charge in [-0.05, 0) is 71.7 Å². The zero-order valence-corrected chi connectivity index (χ0v) is 36.9. The van der Waals surface area contributed by atoms with Gasteiger partial charge in [-0.25, -0.2) is 0 Å². The van der Waals surface area contributed by atoms with Crippen LogP contribution in [-0.4, -0.2) is 158 Å². The number of hydrogen-bond donors (Lipinski definition) is 13. The van der Waals surface area contributed by atoms with Crippen molar-refractivity contribution >= 4 is 58.9 Å². The molecule has 66 heavy (non-hydrogen) atoms. The van der Waals surface area contributed by atoms with E-state index in [2.05, 4.69) is 0 Å². The average Bonchev–Trinajstić information content (AvgIpc) is 3.19. The van der Waals surface area contributed by atoms with Crippen molar-refractivity contribution in [2.45, 2.75) is 60.9 Å². The first-order valence-electron chi connectivity index (χ1n) is 20.0. The Bertz CT molecular complexity index is 2700. The molecule has 354 valence electrons. The predicted molar refractivity (Wildman–Crippen MR) is 229 cm³/mol. The summed E-state index contributed by atoms with van der Waals surface area (Å²) < 4.78 is 0. The summed E-state index contributed by atoms with van der Waals surface area (Å²) in [7, 11) is 5.81.